The molecule has 3 aromatic carbocycles. The first kappa shape index (κ1) is 28.4. The molecule has 7 nitrogen and oxygen atoms in total. The summed E-state index contributed by atoms with van der Waals surface area (Å²) < 4.78 is 21.5. The van der Waals surface area contributed by atoms with E-state index in [1.807, 2.05) is 18.2 Å². The van der Waals surface area contributed by atoms with E-state index in [1.165, 1.54) is 43.0 Å². The van der Waals surface area contributed by atoms with Crippen LogP contribution in [-0.4, -0.2) is 34.3 Å². The van der Waals surface area contributed by atoms with Crippen molar-refractivity contribution in [3.05, 3.63) is 122 Å². The molecule has 0 bridgehead atoms. The molecule has 0 radical (unpaired) electrons. The Bertz CT molecular complexity index is 1660. The molecule has 0 fully saturated rings. The average Bonchev–Trinajstić information content (AvgIpc) is 2.93. The number of hydrogen-bond donors (Lipinski definition) is 1. The van der Waals surface area contributed by atoms with Crippen molar-refractivity contribution in [1.82, 2.24) is 4.57 Å². The number of methoxy groups -OCH3 is 1. The van der Waals surface area contributed by atoms with Crippen molar-refractivity contribution in [3.63, 3.8) is 0 Å². The summed E-state index contributed by atoms with van der Waals surface area (Å²) in [5.74, 6) is -2.58. The van der Waals surface area contributed by atoms with Crippen LogP contribution in [0.15, 0.2) is 83.8 Å². The Kier molecular flexibility index (Phi) is 8.60. The number of carbonyl (C=O) groups excluding carboxylic acids is 2. The van der Waals surface area contributed by atoms with Crippen LogP contribution in [0, 0.1) is 5.82 Å². The largest absolute Gasteiger partial charge is 0.495 e. The highest BCUT2D eigenvalue weighted by atomic mass is 35.5. The van der Waals surface area contributed by atoms with Crippen molar-refractivity contribution in [1.29, 1.82) is 0 Å². The molecule has 204 valence electrons. The lowest BCUT2D eigenvalue weighted by atomic mass is 9.95. The molecule has 1 atom stereocenters. The van der Waals surface area contributed by atoms with Crippen LogP contribution in [0.2, 0.25) is 5.02 Å². The van der Waals surface area contributed by atoms with Gasteiger partial charge in [0.05, 0.1) is 24.9 Å². The van der Waals surface area contributed by atoms with Crippen LogP contribution in [0.1, 0.15) is 44.8 Å². The number of rotatable bonds is 10. The van der Waals surface area contributed by atoms with Crippen molar-refractivity contribution in [2.24, 2.45) is 0 Å². The topological polar surface area (TPSA) is 103 Å². The van der Waals surface area contributed by atoms with E-state index in [0.29, 0.717) is 21.7 Å². The van der Waals surface area contributed by atoms with Gasteiger partial charge in [0.25, 0.3) is 5.56 Å². The fraction of sp³-hybridized carbons (Fsp3) is 0.161. The molecule has 40 heavy (non-hydrogen) atoms. The van der Waals surface area contributed by atoms with Gasteiger partial charge in [0.1, 0.15) is 11.6 Å². The molecule has 1 N–H and O–H groups in total. The van der Waals surface area contributed by atoms with E-state index in [1.54, 1.807) is 30.3 Å². The number of ether oxygens (including phenoxy) is 1. The molecular weight excluding hydrogens is 537 g/mol. The molecule has 0 aliphatic heterocycles. The smallest absolute Gasteiger partial charge is 0.335 e. The SMILES string of the molecule is COc1cn(C(Cc2ccccc2)C(=O)Cc2ccc(C(=O)O)cc2F)c(=O)cc1-c1cc(Cl)ccc1C(C)=O. The Morgan fingerprint density at radius 3 is 2.35 bits per heavy atom. The summed E-state index contributed by atoms with van der Waals surface area (Å²) in [4.78, 5) is 50.6. The first-order chi connectivity index (χ1) is 19.1. The molecule has 0 aliphatic rings. The second-order valence-electron chi connectivity index (χ2n) is 9.21. The first-order valence-electron chi connectivity index (χ1n) is 12.3. The Morgan fingerprint density at radius 1 is 1.00 bits per heavy atom. The van der Waals surface area contributed by atoms with E-state index in [-0.39, 0.29) is 35.5 Å². The zero-order chi connectivity index (χ0) is 29.0. The van der Waals surface area contributed by atoms with Gasteiger partial charge in [-0.1, -0.05) is 48.0 Å². The number of aromatic nitrogens is 1. The van der Waals surface area contributed by atoms with Crippen molar-refractivity contribution in [3.8, 4) is 16.9 Å². The predicted octanol–water partition coefficient (Wildman–Crippen LogP) is 5.81. The number of ketones is 2. The molecular formula is C31H25ClFNO6. The van der Waals surface area contributed by atoms with Crippen LogP contribution >= 0.6 is 11.6 Å². The van der Waals surface area contributed by atoms with Gasteiger partial charge in [-0.3, -0.25) is 14.4 Å². The van der Waals surface area contributed by atoms with Gasteiger partial charge in [0, 0.05) is 35.1 Å². The summed E-state index contributed by atoms with van der Waals surface area (Å²) in [6.07, 6.45) is 1.16. The van der Waals surface area contributed by atoms with Gasteiger partial charge in [0.2, 0.25) is 0 Å². The Morgan fingerprint density at radius 2 is 1.73 bits per heavy atom. The summed E-state index contributed by atoms with van der Waals surface area (Å²) in [5, 5.41) is 9.48. The summed E-state index contributed by atoms with van der Waals surface area (Å²) in [5.41, 5.74) is 1.08. The summed E-state index contributed by atoms with van der Waals surface area (Å²) in [6, 6.07) is 17.3. The number of hydrogen-bond acceptors (Lipinski definition) is 5. The minimum absolute atomic E-state index is 0.00900. The lowest BCUT2D eigenvalue weighted by molar-refractivity contribution is -0.121. The van der Waals surface area contributed by atoms with Crippen LogP contribution in [0.25, 0.3) is 11.1 Å². The molecule has 0 aliphatic carbocycles. The van der Waals surface area contributed by atoms with Gasteiger partial charge in [-0.25, -0.2) is 9.18 Å². The fourth-order valence-corrected chi connectivity index (χ4v) is 4.70. The second kappa shape index (κ2) is 12.1. The Hall–Kier alpha value is -4.56. The summed E-state index contributed by atoms with van der Waals surface area (Å²) in [6.45, 7) is 1.40. The van der Waals surface area contributed by atoms with Gasteiger partial charge in [-0.2, -0.15) is 0 Å². The van der Waals surface area contributed by atoms with Gasteiger partial charge in [-0.15, -0.1) is 0 Å². The van der Waals surface area contributed by atoms with E-state index in [2.05, 4.69) is 0 Å². The maximum absolute atomic E-state index is 14.7. The number of aromatic carboxylic acids is 1. The Balaban J connectivity index is 1.81. The third kappa shape index (κ3) is 6.18. The minimum atomic E-state index is -1.29. The minimum Gasteiger partial charge on any atom is -0.495 e. The number of carbonyl (C=O) groups is 3. The van der Waals surface area contributed by atoms with E-state index in [4.69, 9.17) is 21.4 Å². The lowest BCUT2D eigenvalue weighted by Crippen LogP contribution is -2.32. The molecule has 1 heterocycles. The quantitative estimate of drug-likeness (QED) is 0.245. The maximum atomic E-state index is 14.7. The number of carboxylic acid groups (broad SMARTS) is 1. The first-order valence-corrected chi connectivity index (χ1v) is 12.7. The zero-order valence-corrected chi connectivity index (χ0v) is 22.4. The molecule has 0 spiro atoms. The normalized spacial score (nSPS) is 11.6. The molecule has 1 unspecified atom stereocenters. The number of nitrogens with zero attached hydrogens (tertiary/aromatic N) is 1. The van der Waals surface area contributed by atoms with Crippen LogP contribution < -0.4 is 10.3 Å². The van der Waals surface area contributed by atoms with Crippen molar-refractivity contribution < 1.29 is 28.6 Å². The van der Waals surface area contributed by atoms with E-state index >= 15 is 0 Å². The van der Waals surface area contributed by atoms with Gasteiger partial charge >= 0.3 is 5.97 Å². The highest BCUT2D eigenvalue weighted by molar-refractivity contribution is 6.31. The van der Waals surface area contributed by atoms with E-state index in [9.17, 15) is 23.6 Å². The molecule has 4 aromatic rings. The standard InChI is InChI=1S/C31H25ClFNO6/c1-18(35)23-11-10-22(32)15-24(23)25-16-30(37)34(17-29(25)40-2)27(12-19-6-4-3-5-7-19)28(36)14-20-8-9-21(31(38)39)13-26(20)33/h3-11,13,15-17,27H,12,14H2,1-2H3,(H,38,39). The van der Waals surface area contributed by atoms with Crippen LogP contribution in [0.4, 0.5) is 4.39 Å². The van der Waals surface area contributed by atoms with Crippen molar-refractivity contribution in [2.75, 3.05) is 7.11 Å². The van der Waals surface area contributed by atoms with E-state index in [0.717, 1.165) is 11.6 Å². The summed E-state index contributed by atoms with van der Waals surface area (Å²) in [7, 11) is 1.40. The van der Waals surface area contributed by atoms with Crippen LogP contribution in [-0.2, 0) is 17.6 Å². The number of carboxylic acids is 1. The van der Waals surface area contributed by atoms with Crippen LogP contribution in [0.3, 0.4) is 0 Å². The molecule has 1 aromatic heterocycles. The van der Waals surface area contributed by atoms with Crippen molar-refractivity contribution >= 4 is 29.1 Å². The van der Waals surface area contributed by atoms with Crippen molar-refractivity contribution in [2.45, 2.75) is 25.8 Å². The third-order valence-electron chi connectivity index (χ3n) is 6.56. The second-order valence-corrected chi connectivity index (χ2v) is 9.64. The highest BCUT2D eigenvalue weighted by Gasteiger charge is 2.26. The van der Waals surface area contributed by atoms with Gasteiger partial charge < -0.3 is 14.4 Å². The van der Waals surface area contributed by atoms with Crippen LogP contribution in [0.5, 0.6) is 5.75 Å². The van der Waals surface area contributed by atoms with Gasteiger partial charge in [-0.05, 0) is 53.9 Å². The average molecular weight is 562 g/mol. The molecule has 0 saturated carbocycles. The highest BCUT2D eigenvalue weighted by Crippen LogP contribution is 2.34. The summed E-state index contributed by atoms with van der Waals surface area (Å²) >= 11 is 6.19. The maximum Gasteiger partial charge on any atom is 0.335 e. The third-order valence-corrected chi connectivity index (χ3v) is 6.79. The molecule has 0 amide bonds. The number of pyridine rings is 1. The Labute approximate surface area is 234 Å². The van der Waals surface area contributed by atoms with E-state index < -0.39 is 29.2 Å². The molecule has 0 saturated heterocycles. The zero-order valence-electron chi connectivity index (χ0n) is 21.7. The van der Waals surface area contributed by atoms with Gasteiger partial charge in [0.15, 0.2) is 11.6 Å². The fourth-order valence-electron chi connectivity index (χ4n) is 4.53. The number of halogens is 2. The molecule has 9 heteroatoms. The monoisotopic (exact) mass is 561 g/mol. The lowest BCUT2D eigenvalue weighted by Gasteiger charge is -2.22. The number of Topliss-reactive ketones (excluding diaryl/α,β-unsaturated/α-hetero) is 2. The number of benzene rings is 3. The molecule has 4 rings (SSSR count). The predicted molar refractivity (Wildman–Crippen MR) is 149 cm³/mol.